The molecule has 0 radical (unpaired) electrons. The second-order valence-corrected chi connectivity index (χ2v) is 3.77. The summed E-state index contributed by atoms with van der Waals surface area (Å²) in [6.45, 7) is 0. The third-order valence-electron chi connectivity index (χ3n) is 1.96. The van der Waals surface area contributed by atoms with Gasteiger partial charge >= 0.3 is 0 Å². The summed E-state index contributed by atoms with van der Waals surface area (Å²) >= 11 is 1.52. The van der Waals surface area contributed by atoms with Crippen LogP contribution in [0.1, 0.15) is 16.5 Å². The van der Waals surface area contributed by atoms with Crippen molar-refractivity contribution in [3.63, 3.8) is 0 Å². The Kier molecular flexibility index (Phi) is 2.57. The Morgan fingerprint density at radius 1 is 1.29 bits per heavy atom. The van der Waals surface area contributed by atoms with Crippen LogP contribution in [-0.2, 0) is 0 Å². The molecular weight excluding hydrogens is 192 g/mol. The fourth-order valence-corrected chi connectivity index (χ4v) is 2.00. The van der Waals surface area contributed by atoms with Crippen molar-refractivity contribution in [2.45, 2.75) is 5.92 Å². The number of aromatic nitrogens is 1. The monoisotopic (exact) mass is 200 g/mol. The molecule has 1 unspecified atom stereocenters. The van der Waals surface area contributed by atoms with Gasteiger partial charge in [0.05, 0.1) is 6.07 Å². The van der Waals surface area contributed by atoms with Crippen molar-refractivity contribution in [2.75, 3.05) is 0 Å². The Morgan fingerprint density at radius 3 is 2.64 bits per heavy atom. The van der Waals surface area contributed by atoms with E-state index >= 15 is 0 Å². The van der Waals surface area contributed by atoms with Crippen molar-refractivity contribution in [3.8, 4) is 6.07 Å². The van der Waals surface area contributed by atoms with Crippen molar-refractivity contribution >= 4 is 11.3 Å². The molecule has 0 aliphatic heterocycles. The van der Waals surface area contributed by atoms with Gasteiger partial charge in [-0.3, -0.25) is 0 Å². The molecule has 1 heterocycles. The SMILES string of the molecule is N#CC(c1ccccc1)c1nccs1. The minimum absolute atomic E-state index is 0.226. The van der Waals surface area contributed by atoms with Crippen molar-refractivity contribution < 1.29 is 0 Å². The number of hydrogen-bond donors (Lipinski definition) is 0. The minimum atomic E-state index is -0.226. The molecule has 0 aliphatic rings. The van der Waals surface area contributed by atoms with Gasteiger partial charge in [-0.25, -0.2) is 4.98 Å². The molecule has 2 nitrogen and oxygen atoms in total. The molecule has 0 saturated heterocycles. The minimum Gasteiger partial charge on any atom is -0.248 e. The highest BCUT2D eigenvalue weighted by atomic mass is 32.1. The van der Waals surface area contributed by atoms with E-state index in [2.05, 4.69) is 11.1 Å². The second kappa shape index (κ2) is 4.03. The van der Waals surface area contributed by atoms with Gasteiger partial charge < -0.3 is 0 Å². The maximum Gasteiger partial charge on any atom is 0.123 e. The smallest absolute Gasteiger partial charge is 0.123 e. The van der Waals surface area contributed by atoms with Crippen LogP contribution in [0.2, 0.25) is 0 Å². The van der Waals surface area contributed by atoms with E-state index in [0.29, 0.717) is 0 Å². The highest BCUT2D eigenvalue weighted by molar-refractivity contribution is 7.09. The molecule has 0 fully saturated rings. The summed E-state index contributed by atoms with van der Waals surface area (Å²) in [5, 5.41) is 11.8. The molecule has 1 aromatic carbocycles. The van der Waals surface area contributed by atoms with Crippen molar-refractivity contribution in [1.29, 1.82) is 5.26 Å². The fraction of sp³-hybridized carbons (Fsp3) is 0.0909. The maximum atomic E-state index is 9.07. The molecule has 3 heteroatoms. The largest absolute Gasteiger partial charge is 0.248 e. The van der Waals surface area contributed by atoms with Crippen LogP contribution in [0.5, 0.6) is 0 Å². The average molecular weight is 200 g/mol. The van der Waals surface area contributed by atoms with E-state index in [1.165, 1.54) is 11.3 Å². The molecule has 2 aromatic rings. The van der Waals surface area contributed by atoms with E-state index < -0.39 is 0 Å². The summed E-state index contributed by atoms with van der Waals surface area (Å²) in [6.07, 6.45) is 1.73. The van der Waals surface area contributed by atoms with Crippen LogP contribution in [0, 0.1) is 11.3 Å². The predicted octanol–water partition coefficient (Wildman–Crippen LogP) is 2.80. The van der Waals surface area contributed by atoms with E-state index in [-0.39, 0.29) is 5.92 Å². The van der Waals surface area contributed by atoms with Crippen LogP contribution in [-0.4, -0.2) is 4.98 Å². The summed E-state index contributed by atoms with van der Waals surface area (Å²) in [5.41, 5.74) is 1.00. The van der Waals surface area contributed by atoms with Gasteiger partial charge in [-0.05, 0) is 5.56 Å². The molecule has 2 rings (SSSR count). The lowest BCUT2D eigenvalue weighted by Gasteiger charge is -2.04. The first-order valence-corrected chi connectivity index (χ1v) is 5.13. The van der Waals surface area contributed by atoms with Crippen LogP contribution < -0.4 is 0 Å². The van der Waals surface area contributed by atoms with Crippen molar-refractivity contribution in [2.24, 2.45) is 0 Å². The standard InChI is InChI=1S/C11H8N2S/c12-8-10(11-13-6-7-14-11)9-4-2-1-3-5-9/h1-7,10H. The third kappa shape index (κ3) is 1.66. The molecule has 0 spiro atoms. The molecule has 0 bridgehead atoms. The molecule has 1 aromatic heterocycles. The first-order chi connectivity index (χ1) is 6.92. The number of nitrogens with zero attached hydrogens (tertiary/aromatic N) is 2. The van der Waals surface area contributed by atoms with Gasteiger partial charge in [0.15, 0.2) is 0 Å². The number of nitriles is 1. The van der Waals surface area contributed by atoms with Gasteiger partial charge in [-0.1, -0.05) is 30.3 Å². The number of benzene rings is 1. The number of thiazole rings is 1. The first-order valence-electron chi connectivity index (χ1n) is 4.26. The van der Waals surface area contributed by atoms with Crippen LogP contribution >= 0.6 is 11.3 Å². The van der Waals surface area contributed by atoms with Crippen molar-refractivity contribution in [3.05, 3.63) is 52.5 Å². The third-order valence-corrected chi connectivity index (χ3v) is 2.80. The molecular formula is C11H8N2S. The van der Waals surface area contributed by atoms with Gasteiger partial charge in [0.25, 0.3) is 0 Å². The number of rotatable bonds is 2. The Balaban J connectivity index is 2.38. The van der Waals surface area contributed by atoms with Crippen molar-refractivity contribution in [1.82, 2.24) is 4.98 Å². The molecule has 1 atom stereocenters. The average Bonchev–Trinajstić information content (AvgIpc) is 2.74. The Morgan fingerprint density at radius 2 is 2.07 bits per heavy atom. The quantitative estimate of drug-likeness (QED) is 0.747. The highest BCUT2D eigenvalue weighted by Crippen LogP contribution is 2.24. The molecule has 0 N–H and O–H groups in total. The topological polar surface area (TPSA) is 36.7 Å². The number of hydrogen-bond acceptors (Lipinski definition) is 3. The van der Waals surface area contributed by atoms with E-state index in [0.717, 1.165) is 10.6 Å². The Labute approximate surface area is 86.5 Å². The first kappa shape index (κ1) is 8.92. The summed E-state index contributed by atoms with van der Waals surface area (Å²) < 4.78 is 0. The van der Waals surface area contributed by atoms with Gasteiger partial charge in [0.1, 0.15) is 10.9 Å². The van der Waals surface area contributed by atoms with E-state index in [1.54, 1.807) is 6.20 Å². The molecule has 14 heavy (non-hydrogen) atoms. The van der Waals surface area contributed by atoms with E-state index in [4.69, 9.17) is 5.26 Å². The van der Waals surface area contributed by atoms with Crippen LogP contribution in [0.4, 0.5) is 0 Å². The van der Waals surface area contributed by atoms with E-state index in [9.17, 15) is 0 Å². The predicted molar refractivity (Wildman–Crippen MR) is 56.0 cm³/mol. The summed E-state index contributed by atoms with van der Waals surface area (Å²) in [5.74, 6) is -0.226. The molecule has 0 aliphatic carbocycles. The fourth-order valence-electron chi connectivity index (χ4n) is 1.29. The summed E-state index contributed by atoms with van der Waals surface area (Å²) in [6, 6.07) is 12.0. The zero-order valence-electron chi connectivity index (χ0n) is 7.42. The highest BCUT2D eigenvalue weighted by Gasteiger charge is 2.14. The van der Waals surface area contributed by atoms with Crippen LogP contribution in [0.25, 0.3) is 0 Å². The lowest BCUT2D eigenvalue weighted by molar-refractivity contribution is 1.01. The van der Waals surface area contributed by atoms with Crippen LogP contribution in [0.3, 0.4) is 0 Å². The van der Waals surface area contributed by atoms with Gasteiger partial charge in [-0.15, -0.1) is 11.3 Å². The second-order valence-electron chi connectivity index (χ2n) is 2.84. The molecule has 0 amide bonds. The Bertz CT molecular complexity index is 428. The normalized spacial score (nSPS) is 11.9. The van der Waals surface area contributed by atoms with Gasteiger partial charge in [0.2, 0.25) is 0 Å². The summed E-state index contributed by atoms with van der Waals surface area (Å²) in [4.78, 5) is 4.16. The molecule has 0 saturated carbocycles. The maximum absolute atomic E-state index is 9.07. The zero-order chi connectivity index (χ0) is 9.80. The lowest BCUT2D eigenvalue weighted by Crippen LogP contribution is -1.96. The summed E-state index contributed by atoms with van der Waals surface area (Å²) in [7, 11) is 0. The zero-order valence-corrected chi connectivity index (χ0v) is 8.24. The van der Waals surface area contributed by atoms with Gasteiger partial charge in [-0.2, -0.15) is 5.26 Å². The molecule has 68 valence electrons. The van der Waals surface area contributed by atoms with E-state index in [1.807, 2.05) is 35.7 Å². The van der Waals surface area contributed by atoms with Crippen LogP contribution in [0.15, 0.2) is 41.9 Å². The van der Waals surface area contributed by atoms with Gasteiger partial charge in [0, 0.05) is 11.6 Å². The Hall–Kier alpha value is -1.66. The lowest BCUT2D eigenvalue weighted by atomic mass is 10.0.